The lowest BCUT2D eigenvalue weighted by Gasteiger charge is -2.17. The Balaban J connectivity index is 0.00000320. The molecule has 1 aromatic heterocycles. The summed E-state index contributed by atoms with van der Waals surface area (Å²) in [6.07, 6.45) is 0.979. The predicted molar refractivity (Wildman–Crippen MR) is 127 cm³/mol. The third-order valence-electron chi connectivity index (χ3n) is 4.92. The van der Waals surface area contributed by atoms with Crippen LogP contribution in [0.25, 0.3) is 11.4 Å². The van der Waals surface area contributed by atoms with Crippen LogP contribution in [0.1, 0.15) is 30.5 Å². The van der Waals surface area contributed by atoms with Crippen LogP contribution in [0.5, 0.6) is 16.7 Å². The molecule has 0 spiro atoms. The van der Waals surface area contributed by atoms with E-state index in [-0.39, 0.29) is 12.4 Å². The first-order chi connectivity index (χ1) is 14.0. The molecule has 0 amide bonds. The average Bonchev–Trinajstić information content (AvgIpc) is 3.17. The SMILES string of the molecule is CCOc1cc(CCN(C)CC)c(C)cc1Oc1nc(-c2ccc(C)cc2)ns1.Cl. The van der Waals surface area contributed by atoms with Gasteiger partial charge in [0.15, 0.2) is 17.3 Å². The van der Waals surface area contributed by atoms with Crippen LogP contribution in [0.4, 0.5) is 0 Å². The molecule has 0 N–H and O–H groups in total. The summed E-state index contributed by atoms with van der Waals surface area (Å²) in [5.74, 6) is 2.11. The van der Waals surface area contributed by atoms with Gasteiger partial charge >= 0.3 is 0 Å². The highest BCUT2D eigenvalue weighted by Crippen LogP contribution is 2.36. The Morgan fingerprint density at radius 3 is 2.43 bits per heavy atom. The second kappa shape index (κ2) is 11.3. The maximum Gasteiger partial charge on any atom is 0.299 e. The Morgan fingerprint density at radius 1 is 1.03 bits per heavy atom. The van der Waals surface area contributed by atoms with Crippen molar-refractivity contribution in [3.05, 3.63) is 53.1 Å². The van der Waals surface area contributed by atoms with Gasteiger partial charge in [-0.2, -0.15) is 9.36 Å². The fourth-order valence-electron chi connectivity index (χ4n) is 2.96. The van der Waals surface area contributed by atoms with E-state index in [1.165, 1.54) is 28.2 Å². The molecule has 0 saturated heterocycles. The maximum atomic E-state index is 6.08. The highest BCUT2D eigenvalue weighted by molar-refractivity contribution is 7.07. The van der Waals surface area contributed by atoms with E-state index >= 15 is 0 Å². The first-order valence-electron chi connectivity index (χ1n) is 10.0. The van der Waals surface area contributed by atoms with Crippen molar-refractivity contribution < 1.29 is 9.47 Å². The van der Waals surface area contributed by atoms with Gasteiger partial charge < -0.3 is 14.4 Å². The zero-order valence-corrected chi connectivity index (χ0v) is 19.9. The van der Waals surface area contributed by atoms with Gasteiger partial charge in [-0.1, -0.05) is 36.8 Å². The summed E-state index contributed by atoms with van der Waals surface area (Å²) in [7, 11) is 2.14. The molecule has 0 aliphatic rings. The van der Waals surface area contributed by atoms with Gasteiger partial charge in [0.25, 0.3) is 5.19 Å². The summed E-state index contributed by atoms with van der Waals surface area (Å²) in [6.45, 7) is 11.0. The van der Waals surface area contributed by atoms with Crippen LogP contribution >= 0.6 is 23.9 Å². The number of ether oxygens (including phenoxy) is 2. The fourth-order valence-corrected chi connectivity index (χ4v) is 3.52. The van der Waals surface area contributed by atoms with Crippen molar-refractivity contribution in [3.63, 3.8) is 0 Å². The number of aromatic nitrogens is 2. The number of likely N-dealkylation sites (N-methyl/N-ethyl adjacent to an activating group) is 1. The summed E-state index contributed by atoms with van der Waals surface area (Å²) in [5, 5.41) is 0.513. The molecule has 0 bridgehead atoms. The molecule has 0 atom stereocenters. The topological polar surface area (TPSA) is 47.5 Å². The second-order valence-electron chi connectivity index (χ2n) is 7.16. The molecular formula is C23H30ClN3O2S. The number of benzene rings is 2. The number of halogens is 1. The smallest absolute Gasteiger partial charge is 0.299 e. The van der Waals surface area contributed by atoms with Crippen molar-refractivity contribution in [1.29, 1.82) is 0 Å². The molecule has 162 valence electrons. The fraction of sp³-hybridized carbons (Fsp3) is 0.391. The summed E-state index contributed by atoms with van der Waals surface area (Å²) in [6, 6.07) is 12.3. The Labute approximate surface area is 189 Å². The molecule has 5 nitrogen and oxygen atoms in total. The van der Waals surface area contributed by atoms with Gasteiger partial charge in [0, 0.05) is 23.6 Å². The third-order valence-corrected chi connectivity index (χ3v) is 5.51. The van der Waals surface area contributed by atoms with Crippen LogP contribution in [0.15, 0.2) is 36.4 Å². The Kier molecular flexibility index (Phi) is 9.08. The summed E-state index contributed by atoms with van der Waals surface area (Å²) < 4.78 is 16.4. The van der Waals surface area contributed by atoms with Crippen LogP contribution in [0, 0.1) is 13.8 Å². The lowest BCUT2D eigenvalue weighted by molar-refractivity contribution is 0.320. The van der Waals surface area contributed by atoms with E-state index in [4.69, 9.17) is 9.47 Å². The van der Waals surface area contributed by atoms with Gasteiger partial charge in [-0.25, -0.2) is 0 Å². The highest BCUT2D eigenvalue weighted by Gasteiger charge is 2.14. The average molecular weight is 448 g/mol. The van der Waals surface area contributed by atoms with Gasteiger partial charge in [-0.05, 0) is 64.0 Å². The molecule has 0 radical (unpaired) electrons. The molecule has 0 unspecified atom stereocenters. The van der Waals surface area contributed by atoms with E-state index in [1.54, 1.807) is 0 Å². The van der Waals surface area contributed by atoms with E-state index in [9.17, 15) is 0 Å². The standard InChI is InChI=1S/C23H29N3O2S.ClH/c1-6-26(5)13-12-19-15-20(27-7-2)21(14-17(19)4)28-23-24-22(25-29-23)18-10-8-16(3)9-11-18;/h8-11,14-15H,6-7,12-13H2,1-5H3;1H. The molecular weight excluding hydrogens is 418 g/mol. The van der Waals surface area contributed by atoms with Crippen molar-refractivity contribution in [2.24, 2.45) is 0 Å². The molecule has 2 aromatic carbocycles. The van der Waals surface area contributed by atoms with E-state index < -0.39 is 0 Å². The molecule has 0 fully saturated rings. The molecule has 1 heterocycles. The summed E-state index contributed by atoms with van der Waals surface area (Å²) >= 11 is 1.25. The van der Waals surface area contributed by atoms with E-state index in [2.05, 4.69) is 60.3 Å². The van der Waals surface area contributed by atoms with Crippen LogP contribution in [0.2, 0.25) is 0 Å². The van der Waals surface area contributed by atoms with Gasteiger partial charge in [0.2, 0.25) is 0 Å². The first kappa shape index (κ1) is 24.1. The minimum Gasteiger partial charge on any atom is -0.490 e. The van der Waals surface area contributed by atoms with Crippen molar-refractivity contribution in [1.82, 2.24) is 14.3 Å². The quantitative estimate of drug-likeness (QED) is 0.407. The lowest BCUT2D eigenvalue weighted by atomic mass is 10.0. The Hall–Kier alpha value is -2.15. The number of aryl methyl sites for hydroxylation is 2. The van der Waals surface area contributed by atoms with Gasteiger partial charge in [-0.3, -0.25) is 0 Å². The monoisotopic (exact) mass is 447 g/mol. The minimum atomic E-state index is 0. The van der Waals surface area contributed by atoms with E-state index in [1.807, 2.05) is 25.1 Å². The minimum absolute atomic E-state index is 0. The number of hydrogen-bond donors (Lipinski definition) is 0. The van der Waals surface area contributed by atoms with Crippen molar-refractivity contribution in [3.8, 4) is 28.1 Å². The van der Waals surface area contributed by atoms with Gasteiger partial charge in [0.05, 0.1) is 6.61 Å². The number of hydrogen-bond acceptors (Lipinski definition) is 6. The summed E-state index contributed by atoms with van der Waals surface area (Å²) in [5.41, 5.74) is 4.66. The zero-order valence-electron chi connectivity index (χ0n) is 18.3. The molecule has 0 saturated carbocycles. The van der Waals surface area contributed by atoms with Crippen LogP contribution in [-0.2, 0) is 6.42 Å². The third kappa shape index (κ3) is 6.17. The highest BCUT2D eigenvalue weighted by atomic mass is 35.5. The van der Waals surface area contributed by atoms with E-state index in [0.717, 1.165) is 30.8 Å². The van der Waals surface area contributed by atoms with Crippen LogP contribution in [0.3, 0.4) is 0 Å². The lowest BCUT2D eigenvalue weighted by Crippen LogP contribution is -2.20. The zero-order chi connectivity index (χ0) is 20.8. The molecule has 0 aliphatic heterocycles. The largest absolute Gasteiger partial charge is 0.490 e. The van der Waals surface area contributed by atoms with Crippen LogP contribution < -0.4 is 9.47 Å². The normalized spacial score (nSPS) is 10.7. The van der Waals surface area contributed by atoms with Crippen LogP contribution in [-0.4, -0.2) is 41.0 Å². The number of rotatable bonds is 9. The van der Waals surface area contributed by atoms with Crippen molar-refractivity contribution >= 4 is 23.9 Å². The number of nitrogens with zero attached hydrogens (tertiary/aromatic N) is 3. The molecule has 7 heteroatoms. The summed E-state index contributed by atoms with van der Waals surface area (Å²) in [4.78, 5) is 6.86. The van der Waals surface area contributed by atoms with E-state index in [0.29, 0.717) is 23.4 Å². The Morgan fingerprint density at radius 2 is 1.77 bits per heavy atom. The Bertz CT molecular complexity index is 944. The van der Waals surface area contributed by atoms with Crippen molar-refractivity contribution in [2.45, 2.75) is 34.1 Å². The predicted octanol–water partition coefficient (Wildman–Crippen LogP) is 5.93. The molecule has 3 rings (SSSR count). The second-order valence-corrected chi connectivity index (χ2v) is 7.87. The van der Waals surface area contributed by atoms with Crippen molar-refractivity contribution in [2.75, 3.05) is 26.7 Å². The molecule has 0 aliphatic carbocycles. The van der Waals surface area contributed by atoms with Gasteiger partial charge in [-0.15, -0.1) is 12.4 Å². The maximum absolute atomic E-state index is 6.08. The first-order valence-corrected chi connectivity index (χ1v) is 10.8. The molecule has 30 heavy (non-hydrogen) atoms. The molecule has 3 aromatic rings. The van der Waals surface area contributed by atoms with Gasteiger partial charge in [0.1, 0.15) is 0 Å².